The number of carbonyl (C=O) groups is 1. The number of likely N-dealkylation sites (N-methyl/N-ethyl adjacent to an activating group) is 1. The molecule has 1 aliphatic heterocycles. The van der Waals surface area contributed by atoms with Crippen molar-refractivity contribution in [1.29, 1.82) is 0 Å². The van der Waals surface area contributed by atoms with E-state index in [0.29, 0.717) is 0 Å². The minimum absolute atomic E-state index is 0.0444. The Morgan fingerprint density at radius 3 is 2.71 bits per heavy atom. The van der Waals surface area contributed by atoms with Crippen LogP contribution in [0.1, 0.15) is 20.8 Å². The zero-order chi connectivity index (χ0) is 10.8. The Kier molecular flexibility index (Phi) is 3.50. The van der Waals surface area contributed by atoms with Gasteiger partial charge in [-0.05, 0) is 20.8 Å². The van der Waals surface area contributed by atoms with E-state index in [1.54, 1.807) is 7.05 Å². The molecule has 1 atom stereocenters. The van der Waals surface area contributed by atoms with Crippen LogP contribution in [-0.4, -0.2) is 49.1 Å². The molecule has 0 aliphatic carbocycles. The maximum atomic E-state index is 11.5. The highest BCUT2D eigenvalue weighted by Crippen LogP contribution is 2.19. The number of nitrogens with zero attached hydrogens (tertiary/aromatic N) is 1. The van der Waals surface area contributed by atoms with Crippen molar-refractivity contribution >= 4 is 5.91 Å². The molecule has 1 rings (SSSR count). The first kappa shape index (κ1) is 11.5. The topological polar surface area (TPSA) is 44.4 Å². The third-order valence-electron chi connectivity index (χ3n) is 2.96. The zero-order valence-corrected chi connectivity index (χ0v) is 9.55. The molecular weight excluding hydrogens is 178 g/mol. The van der Waals surface area contributed by atoms with Crippen molar-refractivity contribution in [2.24, 2.45) is 0 Å². The first-order valence-corrected chi connectivity index (χ1v) is 5.18. The summed E-state index contributed by atoms with van der Waals surface area (Å²) in [6.45, 7) is 9.13. The lowest BCUT2D eigenvalue weighted by Gasteiger charge is -2.45. The Labute approximate surface area is 86.0 Å². The van der Waals surface area contributed by atoms with Crippen molar-refractivity contribution < 1.29 is 4.79 Å². The maximum absolute atomic E-state index is 11.5. The van der Waals surface area contributed by atoms with E-state index in [1.807, 2.05) is 6.92 Å². The number of amides is 1. The van der Waals surface area contributed by atoms with E-state index in [0.717, 1.165) is 19.6 Å². The Morgan fingerprint density at radius 2 is 2.21 bits per heavy atom. The number of rotatable bonds is 2. The average molecular weight is 199 g/mol. The fraction of sp³-hybridized carbons (Fsp3) is 0.900. The van der Waals surface area contributed by atoms with E-state index >= 15 is 0 Å². The molecule has 4 heteroatoms. The summed E-state index contributed by atoms with van der Waals surface area (Å²) >= 11 is 0. The van der Waals surface area contributed by atoms with Gasteiger partial charge in [-0.1, -0.05) is 0 Å². The van der Waals surface area contributed by atoms with Gasteiger partial charge >= 0.3 is 0 Å². The molecule has 0 aromatic rings. The molecule has 14 heavy (non-hydrogen) atoms. The number of carbonyl (C=O) groups excluding carboxylic acids is 1. The molecule has 1 unspecified atom stereocenters. The molecule has 0 spiro atoms. The van der Waals surface area contributed by atoms with Crippen molar-refractivity contribution in [3.8, 4) is 0 Å². The van der Waals surface area contributed by atoms with E-state index in [-0.39, 0.29) is 17.5 Å². The van der Waals surface area contributed by atoms with Crippen LogP contribution in [0.3, 0.4) is 0 Å². The number of piperazine rings is 1. The number of hydrogen-bond donors (Lipinski definition) is 2. The lowest BCUT2D eigenvalue weighted by Crippen LogP contribution is -2.63. The van der Waals surface area contributed by atoms with E-state index in [9.17, 15) is 4.79 Å². The summed E-state index contributed by atoms with van der Waals surface area (Å²) in [5, 5.41) is 6.04. The van der Waals surface area contributed by atoms with Crippen molar-refractivity contribution in [2.75, 3.05) is 26.7 Å². The van der Waals surface area contributed by atoms with Crippen molar-refractivity contribution in [2.45, 2.75) is 32.4 Å². The predicted octanol–water partition coefficient (Wildman–Crippen LogP) is -0.195. The van der Waals surface area contributed by atoms with Gasteiger partial charge in [0.25, 0.3) is 0 Å². The molecule has 4 nitrogen and oxygen atoms in total. The molecule has 82 valence electrons. The highest BCUT2D eigenvalue weighted by molar-refractivity contribution is 5.81. The molecule has 1 saturated heterocycles. The van der Waals surface area contributed by atoms with Gasteiger partial charge in [0.2, 0.25) is 5.91 Å². The van der Waals surface area contributed by atoms with Crippen LogP contribution in [0.4, 0.5) is 0 Å². The monoisotopic (exact) mass is 199 g/mol. The van der Waals surface area contributed by atoms with Crippen LogP contribution in [0.5, 0.6) is 0 Å². The summed E-state index contributed by atoms with van der Waals surface area (Å²) in [6.07, 6.45) is 0. The first-order chi connectivity index (χ1) is 6.49. The largest absolute Gasteiger partial charge is 0.358 e. The summed E-state index contributed by atoms with van der Waals surface area (Å²) < 4.78 is 0. The quantitative estimate of drug-likeness (QED) is 0.647. The fourth-order valence-corrected chi connectivity index (χ4v) is 2.07. The summed E-state index contributed by atoms with van der Waals surface area (Å²) in [4.78, 5) is 13.8. The standard InChI is InChI=1S/C10H21N3O/c1-8(9(14)11-4)13-6-5-12-7-10(13,2)3/h8,12H,5-7H2,1-4H3,(H,11,14). The van der Waals surface area contributed by atoms with E-state index in [2.05, 4.69) is 29.4 Å². The minimum Gasteiger partial charge on any atom is -0.358 e. The Hall–Kier alpha value is -0.610. The second-order valence-corrected chi connectivity index (χ2v) is 4.47. The van der Waals surface area contributed by atoms with E-state index in [1.165, 1.54) is 0 Å². The van der Waals surface area contributed by atoms with Crippen LogP contribution in [-0.2, 0) is 4.79 Å². The number of nitrogens with one attached hydrogen (secondary N) is 2. The van der Waals surface area contributed by atoms with E-state index < -0.39 is 0 Å². The predicted molar refractivity (Wildman–Crippen MR) is 57.2 cm³/mol. The zero-order valence-electron chi connectivity index (χ0n) is 9.55. The first-order valence-electron chi connectivity index (χ1n) is 5.18. The average Bonchev–Trinajstić information content (AvgIpc) is 2.15. The fourth-order valence-electron chi connectivity index (χ4n) is 2.07. The highest BCUT2D eigenvalue weighted by Gasteiger charge is 2.35. The summed E-state index contributed by atoms with van der Waals surface area (Å²) in [7, 11) is 1.69. The second-order valence-electron chi connectivity index (χ2n) is 4.47. The van der Waals surface area contributed by atoms with Gasteiger partial charge in [-0.2, -0.15) is 0 Å². The van der Waals surface area contributed by atoms with Gasteiger partial charge in [0, 0.05) is 32.2 Å². The van der Waals surface area contributed by atoms with Crippen molar-refractivity contribution in [3.05, 3.63) is 0 Å². The van der Waals surface area contributed by atoms with E-state index in [4.69, 9.17) is 0 Å². The Bertz CT molecular complexity index is 215. The van der Waals surface area contributed by atoms with Crippen LogP contribution < -0.4 is 10.6 Å². The van der Waals surface area contributed by atoms with Crippen molar-refractivity contribution in [3.63, 3.8) is 0 Å². The third-order valence-corrected chi connectivity index (χ3v) is 2.96. The smallest absolute Gasteiger partial charge is 0.236 e. The van der Waals surface area contributed by atoms with Gasteiger partial charge in [0.1, 0.15) is 0 Å². The molecule has 1 heterocycles. The van der Waals surface area contributed by atoms with Crippen LogP contribution in [0.15, 0.2) is 0 Å². The Morgan fingerprint density at radius 1 is 1.57 bits per heavy atom. The molecular formula is C10H21N3O. The van der Waals surface area contributed by atoms with Crippen LogP contribution in [0, 0.1) is 0 Å². The molecule has 1 aliphatic rings. The minimum atomic E-state index is -0.0444. The normalized spacial score (nSPS) is 24.3. The molecule has 0 bridgehead atoms. The molecule has 1 fully saturated rings. The molecule has 0 aromatic heterocycles. The lowest BCUT2D eigenvalue weighted by atomic mass is 9.97. The van der Waals surface area contributed by atoms with Crippen LogP contribution in [0.2, 0.25) is 0 Å². The highest BCUT2D eigenvalue weighted by atomic mass is 16.2. The lowest BCUT2D eigenvalue weighted by molar-refractivity contribution is -0.128. The molecule has 0 radical (unpaired) electrons. The third kappa shape index (κ3) is 2.25. The van der Waals surface area contributed by atoms with Gasteiger partial charge in [0.05, 0.1) is 6.04 Å². The molecule has 1 amide bonds. The SMILES string of the molecule is CNC(=O)C(C)N1CCNCC1(C)C. The summed E-state index contributed by atoms with van der Waals surface area (Å²) in [6, 6.07) is -0.0444. The second kappa shape index (κ2) is 4.28. The van der Waals surface area contributed by atoms with Gasteiger partial charge in [-0.3, -0.25) is 9.69 Å². The van der Waals surface area contributed by atoms with Gasteiger partial charge < -0.3 is 10.6 Å². The van der Waals surface area contributed by atoms with Crippen molar-refractivity contribution in [1.82, 2.24) is 15.5 Å². The summed E-state index contributed by atoms with van der Waals surface area (Å²) in [5.74, 6) is 0.0972. The van der Waals surface area contributed by atoms with Crippen LogP contribution >= 0.6 is 0 Å². The Balaban J connectivity index is 2.69. The molecule has 2 N–H and O–H groups in total. The summed E-state index contributed by atoms with van der Waals surface area (Å²) in [5.41, 5.74) is 0.0597. The van der Waals surface area contributed by atoms with Gasteiger partial charge in [-0.25, -0.2) is 0 Å². The van der Waals surface area contributed by atoms with Gasteiger partial charge in [-0.15, -0.1) is 0 Å². The number of hydrogen-bond acceptors (Lipinski definition) is 3. The molecule has 0 aromatic carbocycles. The molecule has 0 saturated carbocycles. The maximum Gasteiger partial charge on any atom is 0.236 e. The van der Waals surface area contributed by atoms with Crippen LogP contribution in [0.25, 0.3) is 0 Å². The van der Waals surface area contributed by atoms with Gasteiger partial charge in [0.15, 0.2) is 0 Å².